The molecule has 4 heteroatoms. The van der Waals surface area contributed by atoms with Gasteiger partial charge in [-0.15, -0.1) is 0 Å². The number of rotatable bonds is 5. The molecule has 0 aliphatic heterocycles. The Balaban J connectivity index is 1.54. The molecule has 4 rings (SSSR count). The molecule has 0 saturated heterocycles. The summed E-state index contributed by atoms with van der Waals surface area (Å²) >= 11 is 0. The van der Waals surface area contributed by atoms with Gasteiger partial charge in [0.2, 0.25) is 0 Å². The summed E-state index contributed by atoms with van der Waals surface area (Å²) < 4.78 is 0. The van der Waals surface area contributed by atoms with E-state index >= 15 is 0 Å². The van der Waals surface area contributed by atoms with Crippen molar-refractivity contribution in [3.63, 3.8) is 0 Å². The molecule has 0 spiro atoms. The first-order valence-corrected chi connectivity index (χ1v) is 13.6. The molecule has 0 aromatic rings. The van der Waals surface area contributed by atoms with E-state index < -0.39 is 12.2 Å². The highest BCUT2D eigenvalue weighted by Gasteiger charge is 2.62. The number of fused-ring (bicyclic) bond motifs is 5. The minimum atomic E-state index is -0.677. The highest BCUT2D eigenvalue weighted by atomic mass is 16.3. The molecule has 0 heterocycles. The number of aliphatic hydroxyl groups excluding tert-OH is 4. The third-order valence-electron chi connectivity index (χ3n) is 11.8. The van der Waals surface area contributed by atoms with Gasteiger partial charge in [0.05, 0.1) is 24.4 Å². The van der Waals surface area contributed by atoms with Crippen LogP contribution in [0.25, 0.3) is 0 Å². The van der Waals surface area contributed by atoms with Gasteiger partial charge in [0.15, 0.2) is 0 Å². The molecule has 4 aliphatic carbocycles. The second kappa shape index (κ2) is 8.81. The molecule has 4 saturated carbocycles. The Kier molecular flexibility index (Phi) is 6.87. The Morgan fingerprint density at radius 3 is 2.00 bits per heavy atom. The summed E-state index contributed by atoms with van der Waals surface area (Å²) in [5.74, 6) is 2.97. The lowest BCUT2D eigenvalue weighted by atomic mass is 9.43. The van der Waals surface area contributed by atoms with Gasteiger partial charge in [0.1, 0.15) is 0 Å². The lowest BCUT2D eigenvalue weighted by Gasteiger charge is -2.62. The monoisotopic (exact) mass is 450 g/mol. The molecular weight excluding hydrogens is 400 g/mol. The maximum absolute atomic E-state index is 11.2. The van der Waals surface area contributed by atoms with Gasteiger partial charge >= 0.3 is 0 Å². The Hall–Kier alpha value is -0.160. The van der Waals surface area contributed by atoms with E-state index in [0.717, 1.165) is 32.1 Å². The van der Waals surface area contributed by atoms with Crippen molar-refractivity contribution >= 4 is 0 Å². The van der Waals surface area contributed by atoms with Gasteiger partial charge in [-0.3, -0.25) is 0 Å². The van der Waals surface area contributed by atoms with E-state index in [2.05, 4.69) is 41.5 Å². The molecule has 4 nitrogen and oxygen atoms in total. The van der Waals surface area contributed by atoms with Crippen LogP contribution >= 0.6 is 0 Å². The third-order valence-corrected chi connectivity index (χ3v) is 11.8. The van der Waals surface area contributed by atoms with Gasteiger partial charge < -0.3 is 20.4 Å². The van der Waals surface area contributed by atoms with Crippen LogP contribution in [-0.2, 0) is 0 Å². The van der Waals surface area contributed by atoms with Crippen LogP contribution in [-0.4, -0.2) is 44.8 Å². The van der Waals surface area contributed by atoms with Gasteiger partial charge in [0.25, 0.3) is 0 Å². The van der Waals surface area contributed by atoms with Gasteiger partial charge in [0, 0.05) is 0 Å². The summed E-state index contributed by atoms with van der Waals surface area (Å²) in [6.45, 7) is 13.3. The van der Waals surface area contributed by atoms with Crippen molar-refractivity contribution in [2.75, 3.05) is 0 Å². The van der Waals surface area contributed by atoms with E-state index in [9.17, 15) is 20.4 Å². The fourth-order valence-corrected chi connectivity index (χ4v) is 9.44. The quantitative estimate of drug-likeness (QED) is 0.492. The second-order valence-corrected chi connectivity index (χ2v) is 13.4. The molecule has 0 aromatic heterocycles. The standard InChI is InChI=1S/C28H50O4/c1-15(2)16(3)25(31)26(32)17(4)20-7-8-21-19-14-24(30)23-13-18(29)9-11-28(23,6)22(19)10-12-27(20,21)5/h15-26,29-32H,7-14H2,1-6H3/t16-,17-,18-,19-,20+,21-,22-,23+,24-,25+,26+,27+,28+/m0/s1. The van der Waals surface area contributed by atoms with Crippen molar-refractivity contribution in [2.24, 2.45) is 58.2 Å². The summed E-state index contributed by atoms with van der Waals surface area (Å²) in [5.41, 5.74) is 0.328. The highest BCUT2D eigenvalue weighted by Crippen LogP contribution is 2.68. The molecule has 4 N–H and O–H groups in total. The van der Waals surface area contributed by atoms with Crippen molar-refractivity contribution in [1.29, 1.82) is 0 Å². The maximum atomic E-state index is 11.2. The first-order chi connectivity index (χ1) is 14.9. The summed E-state index contributed by atoms with van der Waals surface area (Å²) in [6, 6.07) is 0. The van der Waals surface area contributed by atoms with Crippen LogP contribution in [0.3, 0.4) is 0 Å². The Labute approximate surface area is 196 Å². The highest BCUT2D eigenvalue weighted by molar-refractivity contribution is 5.11. The molecule has 4 aliphatic rings. The fraction of sp³-hybridized carbons (Fsp3) is 1.00. The summed E-state index contributed by atoms with van der Waals surface area (Å²) in [4.78, 5) is 0. The normalized spacial score (nSPS) is 50.2. The predicted molar refractivity (Wildman–Crippen MR) is 128 cm³/mol. The summed E-state index contributed by atoms with van der Waals surface area (Å²) in [7, 11) is 0. The van der Waals surface area contributed by atoms with E-state index in [1.807, 2.05) is 0 Å². The molecular formula is C28H50O4. The number of hydrogen-bond acceptors (Lipinski definition) is 4. The van der Waals surface area contributed by atoms with Crippen molar-refractivity contribution in [3.05, 3.63) is 0 Å². The molecule has 0 bridgehead atoms. The van der Waals surface area contributed by atoms with E-state index in [4.69, 9.17) is 0 Å². The Morgan fingerprint density at radius 2 is 1.34 bits per heavy atom. The zero-order chi connectivity index (χ0) is 23.6. The minimum absolute atomic E-state index is 0.0828. The SMILES string of the molecule is CC(C)[C@H](C)[C@@H](O)[C@H](O)[C@@H](C)[C@H]1CC[C@H]2[C@@H]3C[C@H](O)[C@H]4C[C@@H](O)CC[C@]4(C)[C@H]3CC[C@]12C. The van der Waals surface area contributed by atoms with Crippen molar-refractivity contribution in [2.45, 2.75) is 117 Å². The molecule has 0 amide bonds. The lowest BCUT2D eigenvalue weighted by Crippen LogP contribution is -2.58. The topological polar surface area (TPSA) is 80.9 Å². The zero-order valence-electron chi connectivity index (χ0n) is 21.4. The average molecular weight is 451 g/mol. The average Bonchev–Trinajstić information content (AvgIpc) is 3.10. The van der Waals surface area contributed by atoms with Crippen molar-refractivity contribution in [1.82, 2.24) is 0 Å². The van der Waals surface area contributed by atoms with Crippen molar-refractivity contribution < 1.29 is 20.4 Å². The smallest absolute Gasteiger partial charge is 0.0830 e. The van der Waals surface area contributed by atoms with Crippen LogP contribution in [0.4, 0.5) is 0 Å². The Bertz CT molecular complexity index is 666. The summed E-state index contributed by atoms with van der Waals surface area (Å²) in [6.07, 6.45) is 6.38. The van der Waals surface area contributed by atoms with Crippen molar-refractivity contribution in [3.8, 4) is 0 Å². The van der Waals surface area contributed by atoms with Crippen LogP contribution in [0, 0.1) is 58.2 Å². The number of hydrogen-bond donors (Lipinski definition) is 4. The van der Waals surface area contributed by atoms with Crippen LogP contribution in [0.5, 0.6) is 0 Å². The van der Waals surface area contributed by atoms with Crippen LogP contribution in [0.2, 0.25) is 0 Å². The van der Waals surface area contributed by atoms with Gasteiger partial charge in [-0.25, -0.2) is 0 Å². The molecule has 0 aromatic carbocycles. The van der Waals surface area contributed by atoms with E-state index in [1.54, 1.807) is 0 Å². The fourth-order valence-electron chi connectivity index (χ4n) is 9.44. The minimum Gasteiger partial charge on any atom is -0.393 e. The number of aliphatic hydroxyl groups is 4. The Morgan fingerprint density at radius 1 is 0.719 bits per heavy atom. The predicted octanol–water partition coefficient (Wildman–Crippen LogP) is 4.63. The van der Waals surface area contributed by atoms with E-state index in [1.165, 1.54) is 19.3 Å². The van der Waals surface area contributed by atoms with Gasteiger partial charge in [-0.05, 0) is 110 Å². The molecule has 0 unspecified atom stereocenters. The largest absolute Gasteiger partial charge is 0.393 e. The summed E-state index contributed by atoms with van der Waals surface area (Å²) in [5, 5.41) is 43.5. The first kappa shape index (κ1) is 24.9. The van der Waals surface area contributed by atoms with Crippen LogP contribution < -0.4 is 0 Å². The van der Waals surface area contributed by atoms with Gasteiger partial charge in [-0.2, -0.15) is 0 Å². The molecule has 186 valence electrons. The first-order valence-electron chi connectivity index (χ1n) is 13.6. The molecule has 4 fully saturated rings. The third kappa shape index (κ3) is 3.80. The van der Waals surface area contributed by atoms with Crippen LogP contribution in [0.15, 0.2) is 0 Å². The molecule has 0 radical (unpaired) electrons. The second-order valence-electron chi connectivity index (χ2n) is 13.4. The maximum Gasteiger partial charge on any atom is 0.0830 e. The lowest BCUT2D eigenvalue weighted by molar-refractivity contribution is -0.175. The van der Waals surface area contributed by atoms with E-state index in [0.29, 0.717) is 29.6 Å². The molecule has 13 atom stereocenters. The van der Waals surface area contributed by atoms with Gasteiger partial charge in [-0.1, -0.05) is 41.5 Å². The van der Waals surface area contributed by atoms with Crippen LogP contribution in [0.1, 0.15) is 92.9 Å². The zero-order valence-corrected chi connectivity index (χ0v) is 21.4. The van der Waals surface area contributed by atoms with E-state index in [-0.39, 0.29) is 40.8 Å². The molecule has 32 heavy (non-hydrogen) atoms.